The van der Waals surface area contributed by atoms with E-state index in [0.29, 0.717) is 28.7 Å². The summed E-state index contributed by atoms with van der Waals surface area (Å²) in [5, 5.41) is 7.78. The van der Waals surface area contributed by atoms with Crippen LogP contribution in [0.2, 0.25) is 0 Å². The number of aryl methyl sites for hydroxylation is 1. The van der Waals surface area contributed by atoms with Crippen LogP contribution in [0.5, 0.6) is 0 Å². The minimum atomic E-state index is -4.57. The van der Waals surface area contributed by atoms with Gasteiger partial charge in [-0.05, 0) is 50.3 Å². The second-order valence-corrected chi connectivity index (χ2v) is 9.68. The maximum Gasteiger partial charge on any atom is 0.361 e. The first-order valence-electron chi connectivity index (χ1n) is 10.5. The monoisotopic (exact) mass is 480 g/mol. The van der Waals surface area contributed by atoms with E-state index in [1.807, 2.05) is 0 Å². The van der Waals surface area contributed by atoms with Crippen molar-refractivity contribution in [3.63, 3.8) is 0 Å². The first kappa shape index (κ1) is 23.4. The third-order valence-electron chi connectivity index (χ3n) is 5.81. The molecule has 0 N–H and O–H groups in total. The largest absolute Gasteiger partial charge is 0.361 e. The molecule has 7 nitrogen and oxygen atoms in total. The van der Waals surface area contributed by atoms with Crippen molar-refractivity contribution in [2.75, 3.05) is 0 Å². The van der Waals surface area contributed by atoms with Crippen LogP contribution < -0.4 is 0 Å². The van der Waals surface area contributed by atoms with Crippen LogP contribution in [0, 0.1) is 12.7 Å². The van der Waals surface area contributed by atoms with E-state index >= 15 is 0 Å². The Morgan fingerprint density at radius 2 is 1.91 bits per heavy atom. The molecule has 1 saturated carbocycles. The molecule has 1 aliphatic carbocycles. The summed E-state index contributed by atoms with van der Waals surface area (Å²) in [6.45, 7) is -1.59. The molecule has 2 aromatic carbocycles. The van der Waals surface area contributed by atoms with Crippen molar-refractivity contribution in [2.24, 2.45) is 0 Å². The number of aromatic nitrogens is 3. The van der Waals surface area contributed by atoms with E-state index in [-0.39, 0.29) is 18.0 Å². The summed E-state index contributed by atoms with van der Waals surface area (Å²) in [6, 6.07) is 10.9. The number of alkyl halides is 2. The van der Waals surface area contributed by atoms with Crippen molar-refractivity contribution in [3.8, 4) is 11.1 Å². The molecule has 3 aromatic rings. The average molecular weight is 481 g/mol. The van der Waals surface area contributed by atoms with E-state index in [1.165, 1.54) is 18.5 Å². The van der Waals surface area contributed by atoms with E-state index < -0.39 is 33.4 Å². The summed E-state index contributed by atoms with van der Waals surface area (Å²) in [6.07, 6.45) is 3.40. The Balaban J connectivity index is 1.65. The Bertz CT molecular complexity index is 1200. The van der Waals surface area contributed by atoms with Gasteiger partial charge in [0.1, 0.15) is 18.0 Å². The number of rotatable bonds is 7. The maximum atomic E-state index is 14.8. The normalized spacial score (nSPS) is 19.3. The number of hydroxylamine groups is 1. The first-order valence-corrected chi connectivity index (χ1v) is 11.9. The maximum absolute atomic E-state index is 14.8. The zero-order valence-electron chi connectivity index (χ0n) is 17.8. The Kier molecular flexibility index (Phi) is 6.82. The van der Waals surface area contributed by atoms with Gasteiger partial charge in [0.2, 0.25) is 0 Å². The molecule has 0 aliphatic heterocycles. The first-order chi connectivity index (χ1) is 15.8. The fourth-order valence-corrected chi connectivity index (χ4v) is 5.73. The molecule has 0 saturated heterocycles. The van der Waals surface area contributed by atoms with Crippen LogP contribution in [-0.2, 0) is 14.9 Å². The Hall–Kier alpha value is -2.76. The third kappa shape index (κ3) is 4.94. The fraction of sp³-hybridized carbons (Fsp3) is 0.364. The molecular weight excluding hydrogens is 457 g/mol. The number of sulfonamides is 1. The number of halogens is 3. The molecule has 4 rings (SSSR count). The van der Waals surface area contributed by atoms with Crippen LogP contribution in [0.25, 0.3) is 11.1 Å². The predicted molar refractivity (Wildman–Crippen MR) is 114 cm³/mol. The Labute approximate surface area is 189 Å². The number of hydrogen-bond donors (Lipinski definition) is 0. The Morgan fingerprint density at radius 1 is 1.15 bits per heavy atom. The molecule has 0 radical (unpaired) electrons. The van der Waals surface area contributed by atoms with Gasteiger partial charge in [-0.3, -0.25) is 0 Å². The highest BCUT2D eigenvalue weighted by atomic mass is 32.2. The SMILES string of the molecule is Cc1nncn1[C@@H]1CCC[C@H](N(OC(F)F)S(=O)(=O)c2ccc(-c3ccccc3)c(F)c2)C1. The van der Waals surface area contributed by atoms with E-state index in [2.05, 4.69) is 15.0 Å². The van der Waals surface area contributed by atoms with Crippen LogP contribution in [-0.4, -0.2) is 40.3 Å². The van der Waals surface area contributed by atoms with Gasteiger partial charge in [-0.25, -0.2) is 17.6 Å². The van der Waals surface area contributed by atoms with Gasteiger partial charge in [0.15, 0.2) is 0 Å². The molecule has 0 bridgehead atoms. The summed E-state index contributed by atoms with van der Waals surface area (Å²) in [5.41, 5.74) is 0.774. The number of hydrogen-bond acceptors (Lipinski definition) is 5. The van der Waals surface area contributed by atoms with Crippen molar-refractivity contribution < 1.29 is 26.4 Å². The molecular formula is C22H23F3N4O3S. The summed E-state index contributed by atoms with van der Waals surface area (Å²) >= 11 is 0. The molecule has 176 valence electrons. The van der Waals surface area contributed by atoms with Gasteiger partial charge in [0, 0.05) is 11.6 Å². The van der Waals surface area contributed by atoms with Crippen LogP contribution >= 0.6 is 0 Å². The topological polar surface area (TPSA) is 77.3 Å². The van der Waals surface area contributed by atoms with Gasteiger partial charge in [-0.2, -0.15) is 8.78 Å². The van der Waals surface area contributed by atoms with Crippen molar-refractivity contribution in [3.05, 3.63) is 66.5 Å². The summed E-state index contributed by atoms with van der Waals surface area (Å²) in [5.74, 6) is -0.135. The fourth-order valence-electron chi connectivity index (χ4n) is 4.27. The zero-order valence-corrected chi connectivity index (χ0v) is 18.6. The second kappa shape index (κ2) is 9.62. The van der Waals surface area contributed by atoms with Gasteiger partial charge in [0.05, 0.1) is 10.9 Å². The highest BCUT2D eigenvalue weighted by Gasteiger charge is 2.39. The van der Waals surface area contributed by atoms with E-state index in [1.54, 1.807) is 41.8 Å². The summed E-state index contributed by atoms with van der Waals surface area (Å²) in [4.78, 5) is 4.05. The lowest BCUT2D eigenvalue weighted by Gasteiger charge is -2.36. The summed E-state index contributed by atoms with van der Waals surface area (Å²) in [7, 11) is -4.57. The zero-order chi connectivity index (χ0) is 23.6. The third-order valence-corrected chi connectivity index (χ3v) is 7.51. The van der Waals surface area contributed by atoms with E-state index in [0.717, 1.165) is 12.5 Å². The molecule has 0 unspecified atom stereocenters. The summed E-state index contributed by atoms with van der Waals surface area (Å²) < 4.78 is 70.1. The molecule has 33 heavy (non-hydrogen) atoms. The predicted octanol–water partition coefficient (Wildman–Crippen LogP) is 4.72. The van der Waals surface area contributed by atoms with Crippen molar-refractivity contribution in [1.82, 2.24) is 19.2 Å². The molecule has 0 spiro atoms. The van der Waals surface area contributed by atoms with Gasteiger partial charge >= 0.3 is 6.61 Å². The van der Waals surface area contributed by atoms with Crippen LogP contribution in [0.1, 0.15) is 37.5 Å². The second-order valence-electron chi connectivity index (χ2n) is 7.89. The van der Waals surface area contributed by atoms with Crippen molar-refractivity contribution in [1.29, 1.82) is 0 Å². The highest BCUT2D eigenvalue weighted by molar-refractivity contribution is 7.89. The molecule has 1 heterocycles. The van der Waals surface area contributed by atoms with Crippen LogP contribution in [0.4, 0.5) is 13.2 Å². The highest BCUT2D eigenvalue weighted by Crippen LogP contribution is 2.35. The Morgan fingerprint density at radius 3 is 2.55 bits per heavy atom. The molecule has 11 heteroatoms. The van der Waals surface area contributed by atoms with Gasteiger partial charge < -0.3 is 4.57 Å². The lowest BCUT2D eigenvalue weighted by atomic mass is 9.91. The number of nitrogens with zero attached hydrogens (tertiary/aromatic N) is 4. The lowest BCUT2D eigenvalue weighted by molar-refractivity contribution is -0.257. The van der Waals surface area contributed by atoms with Gasteiger partial charge in [-0.15, -0.1) is 10.2 Å². The van der Waals surface area contributed by atoms with Crippen LogP contribution in [0.15, 0.2) is 59.8 Å². The van der Waals surface area contributed by atoms with E-state index in [9.17, 15) is 21.6 Å². The van der Waals surface area contributed by atoms with Crippen molar-refractivity contribution >= 4 is 10.0 Å². The van der Waals surface area contributed by atoms with Gasteiger partial charge in [-0.1, -0.05) is 40.9 Å². The van der Waals surface area contributed by atoms with Crippen molar-refractivity contribution in [2.45, 2.75) is 56.2 Å². The number of benzene rings is 2. The van der Waals surface area contributed by atoms with Gasteiger partial charge in [0.25, 0.3) is 10.0 Å². The lowest BCUT2D eigenvalue weighted by Crippen LogP contribution is -2.44. The standard InChI is InChI=1S/C22H23F3N4O3S/c1-15-27-26-14-28(15)17-8-5-9-18(12-17)29(32-22(24)25)33(30,31)19-10-11-20(21(23)13-19)16-6-3-2-4-7-16/h2-4,6-7,10-11,13-14,17-18,22H,5,8-9,12H2,1H3/t17-,18+/m1/s1. The average Bonchev–Trinajstić information content (AvgIpc) is 3.23. The van der Waals surface area contributed by atoms with E-state index in [4.69, 9.17) is 0 Å². The molecule has 1 aliphatic rings. The quantitative estimate of drug-likeness (QED) is 0.458. The minimum Gasteiger partial charge on any atom is -0.315 e. The smallest absolute Gasteiger partial charge is 0.315 e. The molecule has 1 aromatic heterocycles. The molecule has 1 fully saturated rings. The molecule has 2 atom stereocenters. The van der Waals surface area contributed by atoms with Crippen LogP contribution in [0.3, 0.4) is 0 Å². The minimum absolute atomic E-state index is 0.171. The molecule has 0 amide bonds.